The van der Waals surface area contributed by atoms with Crippen LogP contribution in [0.1, 0.15) is 52.7 Å². The van der Waals surface area contributed by atoms with Gasteiger partial charge in [-0.1, -0.05) is 430 Å². The van der Waals surface area contributed by atoms with Crippen LogP contribution < -0.4 is 31.1 Å². The van der Waals surface area contributed by atoms with Crippen LogP contribution in [0.5, 0.6) is 0 Å². The van der Waals surface area contributed by atoms with Crippen LogP contribution in [0.2, 0.25) is 0 Å². The van der Waals surface area contributed by atoms with Gasteiger partial charge in [0.05, 0.1) is 17.1 Å². The van der Waals surface area contributed by atoms with Crippen molar-refractivity contribution in [1.29, 1.82) is 0 Å². The SMILES string of the molecule is CC(C)(C)c1ccc(-c2cc(-c3ccccc3)c(N3c4ccc(-c5ccccc5)cc4B4c5cc(-c6ccccc6)ccc5N(c5c(-c6ccccc6)cc(-c6ccc(C(C)(C)C)cc6)cc5-c5ccccc5)c5cc(N(c6ccc(-c7ccc(-c8ccccc8)cc7)cc6)c6ccc(-c7ccc(-c8ccccc8)cc7)cc6)cc3c54)c(-c3ccccc3)c2)cc1. The summed E-state index contributed by atoms with van der Waals surface area (Å²) in [6, 6.07) is 173. The number of rotatable bonds is 17. The minimum Gasteiger partial charge on any atom is -0.310 e. The van der Waals surface area contributed by atoms with E-state index in [9.17, 15) is 0 Å². The summed E-state index contributed by atoms with van der Waals surface area (Å²) in [4.78, 5) is 7.93. The van der Waals surface area contributed by atoms with Crippen molar-refractivity contribution in [3.05, 3.63) is 472 Å². The highest BCUT2D eigenvalue weighted by Crippen LogP contribution is 2.57. The second-order valence-electron chi connectivity index (χ2n) is 35.6. The van der Waals surface area contributed by atoms with Gasteiger partial charge in [0.1, 0.15) is 0 Å². The highest BCUT2D eigenvalue weighted by atomic mass is 15.2. The normalized spacial score (nSPS) is 12.2. The molecule has 0 amide bonds. The van der Waals surface area contributed by atoms with Gasteiger partial charge in [0.15, 0.2) is 0 Å². The summed E-state index contributed by atoms with van der Waals surface area (Å²) in [6.45, 7) is 13.5. The van der Waals surface area contributed by atoms with Crippen molar-refractivity contribution in [2.24, 2.45) is 0 Å². The van der Waals surface area contributed by atoms with Crippen LogP contribution in [0.15, 0.2) is 461 Å². The second kappa shape index (κ2) is 32.8. The summed E-state index contributed by atoms with van der Waals surface area (Å²) in [5.74, 6) is 0. The van der Waals surface area contributed by atoms with E-state index in [-0.39, 0.29) is 17.5 Å². The summed E-state index contributed by atoms with van der Waals surface area (Å²) in [5, 5.41) is 0. The van der Waals surface area contributed by atoms with Gasteiger partial charge in [-0.2, -0.15) is 0 Å². The Balaban J connectivity index is 0.905. The van der Waals surface area contributed by atoms with Crippen LogP contribution >= 0.6 is 0 Å². The number of nitrogens with zero attached hydrogens (tertiary/aromatic N) is 3. The standard InChI is InChI=1S/C122H94BN3/c1-121(2,3)103-65-55-93(56-66-103)101-75-108(95-39-23-11-24-40-95)119(109(76-101)96-41-25-12-26-42-96)125-114-73-63-99(85-35-19-9-20-36-85)79-112(114)123-113-80-100(86-37-21-10-22-38-86)64-74-115(113)126(120-110(97-43-27-13-28-44-97)77-102(78-111(120)98-45-29-14-30-46-98)94-57-67-104(68-58-94)122(4,5)6)117-82-107(81-116(125)118(117)123)124(105-69-59-91(60-70-105)89-51-47-87(48-52-89)83-31-15-7-16-32-83)106-71-61-92(62-72-106)90-53-49-88(50-54-90)84-33-17-8-18-34-84/h7-82H,1-6H3. The molecule has 2 aliphatic rings. The van der Waals surface area contributed by atoms with Crippen molar-refractivity contribution >= 4 is 74.3 Å². The van der Waals surface area contributed by atoms with Gasteiger partial charge in [-0.15, -0.1) is 0 Å². The van der Waals surface area contributed by atoms with Crippen LogP contribution in [-0.2, 0) is 10.8 Å². The summed E-state index contributed by atoms with van der Waals surface area (Å²) in [6.07, 6.45) is 0. The topological polar surface area (TPSA) is 9.72 Å². The highest BCUT2D eigenvalue weighted by molar-refractivity contribution is 7.00. The molecule has 4 heteroatoms. The molecule has 2 aliphatic heterocycles. The van der Waals surface area contributed by atoms with Crippen LogP contribution in [0, 0.1) is 0 Å². The van der Waals surface area contributed by atoms with E-state index >= 15 is 0 Å². The lowest BCUT2D eigenvalue weighted by atomic mass is 9.33. The lowest BCUT2D eigenvalue weighted by Gasteiger charge is -2.46. The molecule has 0 fully saturated rings. The van der Waals surface area contributed by atoms with E-state index in [2.05, 4.69) is 517 Å². The smallest absolute Gasteiger partial charge is 0.252 e. The number of fused-ring (bicyclic) bond motifs is 4. The first-order chi connectivity index (χ1) is 61.7. The molecule has 126 heavy (non-hydrogen) atoms. The first-order valence-corrected chi connectivity index (χ1v) is 44.0. The van der Waals surface area contributed by atoms with Gasteiger partial charge in [-0.25, -0.2) is 0 Å². The zero-order valence-electron chi connectivity index (χ0n) is 71.8. The molecule has 0 saturated carbocycles. The number of benzene rings is 19. The third-order valence-electron chi connectivity index (χ3n) is 25.6. The largest absolute Gasteiger partial charge is 0.310 e. The van der Waals surface area contributed by atoms with E-state index in [1.807, 2.05) is 0 Å². The molecule has 0 saturated heterocycles. The fourth-order valence-corrected chi connectivity index (χ4v) is 19.0. The van der Waals surface area contributed by atoms with Gasteiger partial charge >= 0.3 is 0 Å². The van der Waals surface area contributed by atoms with Crippen molar-refractivity contribution in [3.8, 4) is 134 Å². The molecule has 0 bridgehead atoms. The van der Waals surface area contributed by atoms with E-state index in [1.54, 1.807) is 0 Å². The van der Waals surface area contributed by atoms with Gasteiger partial charge in [0.25, 0.3) is 6.71 Å². The molecule has 2 heterocycles. The van der Waals surface area contributed by atoms with Crippen LogP contribution in [0.25, 0.3) is 134 Å². The first-order valence-electron chi connectivity index (χ1n) is 44.0. The first kappa shape index (κ1) is 77.9. The Morgan fingerprint density at radius 3 is 0.659 bits per heavy atom. The molecule has 3 nitrogen and oxygen atoms in total. The average molecular weight is 1610 g/mol. The monoisotopic (exact) mass is 1610 g/mol. The predicted molar refractivity (Wildman–Crippen MR) is 538 cm³/mol. The molecule has 0 aliphatic carbocycles. The minimum absolute atomic E-state index is 0.0392. The molecule has 0 atom stereocenters. The van der Waals surface area contributed by atoms with Crippen molar-refractivity contribution in [1.82, 2.24) is 0 Å². The van der Waals surface area contributed by atoms with E-state index in [4.69, 9.17) is 0 Å². The fraction of sp³-hybridized carbons (Fsp3) is 0.0656. The van der Waals surface area contributed by atoms with Gasteiger partial charge < -0.3 is 14.7 Å². The molecule has 0 unspecified atom stereocenters. The maximum absolute atomic E-state index is 2.70. The zero-order valence-corrected chi connectivity index (χ0v) is 71.8. The summed E-state index contributed by atoms with van der Waals surface area (Å²) >= 11 is 0. The number of hydrogen-bond donors (Lipinski definition) is 0. The summed E-state index contributed by atoms with van der Waals surface area (Å²) in [5.41, 5.74) is 42.7. The summed E-state index contributed by atoms with van der Waals surface area (Å²) in [7, 11) is 0. The highest BCUT2D eigenvalue weighted by Gasteiger charge is 2.46. The lowest BCUT2D eigenvalue weighted by Crippen LogP contribution is -2.61. The second-order valence-corrected chi connectivity index (χ2v) is 35.6. The van der Waals surface area contributed by atoms with Crippen molar-refractivity contribution in [3.63, 3.8) is 0 Å². The summed E-state index contributed by atoms with van der Waals surface area (Å²) < 4.78 is 0. The molecule has 19 aromatic rings. The van der Waals surface area contributed by atoms with E-state index in [0.29, 0.717) is 0 Å². The molecule has 0 spiro atoms. The quantitative estimate of drug-likeness (QED) is 0.0842. The van der Waals surface area contributed by atoms with Gasteiger partial charge in [0.2, 0.25) is 0 Å². The molecule has 600 valence electrons. The van der Waals surface area contributed by atoms with Crippen LogP contribution in [0.4, 0.5) is 51.2 Å². The third kappa shape index (κ3) is 14.9. The molecule has 21 rings (SSSR count). The number of hydrogen-bond acceptors (Lipinski definition) is 3. The average Bonchev–Trinajstić information content (AvgIpc) is 0.684. The molecular weight excluding hydrogens is 1520 g/mol. The van der Waals surface area contributed by atoms with E-state index in [0.717, 1.165) is 162 Å². The molecule has 19 aromatic carbocycles. The third-order valence-corrected chi connectivity index (χ3v) is 25.6. The molecule has 0 N–H and O–H groups in total. The molecule has 0 aromatic heterocycles. The van der Waals surface area contributed by atoms with E-state index in [1.165, 1.54) is 49.8 Å². The Morgan fingerprint density at radius 1 is 0.183 bits per heavy atom. The zero-order chi connectivity index (χ0) is 85.0. The Labute approximate surface area is 741 Å². The van der Waals surface area contributed by atoms with Crippen molar-refractivity contribution < 1.29 is 0 Å². The van der Waals surface area contributed by atoms with Crippen molar-refractivity contribution in [2.45, 2.75) is 52.4 Å². The fourth-order valence-electron chi connectivity index (χ4n) is 19.0. The minimum atomic E-state index is -0.343. The Hall–Kier alpha value is -15.4. The van der Waals surface area contributed by atoms with Crippen LogP contribution in [-0.4, -0.2) is 6.71 Å². The predicted octanol–water partition coefficient (Wildman–Crippen LogP) is 31.8. The Bertz CT molecular complexity index is 6610. The van der Waals surface area contributed by atoms with Gasteiger partial charge in [-0.05, 0) is 222 Å². The maximum atomic E-state index is 2.70. The Morgan fingerprint density at radius 2 is 0.397 bits per heavy atom. The van der Waals surface area contributed by atoms with Crippen LogP contribution in [0.3, 0.4) is 0 Å². The lowest BCUT2D eigenvalue weighted by molar-refractivity contribution is 0.590. The van der Waals surface area contributed by atoms with Gasteiger partial charge in [-0.3, -0.25) is 0 Å². The number of anilines is 9. The van der Waals surface area contributed by atoms with Crippen molar-refractivity contribution in [2.75, 3.05) is 14.7 Å². The van der Waals surface area contributed by atoms with E-state index < -0.39 is 0 Å². The molecular formula is C122H94BN3. The molecule has 0 radical (unpaired) electrons. The maximum Gasteiger partial charge on any atom is 0.252 e. The van der Waals surface area contributed by atoms with Gasteiger partial charge in [0, 0.05) is 56.4 Å². The Kier molecular flexibility index (Phi) is 20.3.